The van der Waals surface area contributed by atoms with Crippen molar-refractivity contribution in [2.75, 3.05) is 6.61 Å². The van der Waals surface area contributed by atoms with Crippen molar-refractivity contribution in [3.63, 3.8) is 0 Å². The lowest BCUT2D eigenvalue weighted by atomic mass is 10.0. The molecule has 4 heteroatoms. The van der Waals surface area contributed by atoms with Gasteiger partial charge in [0, 0.05) is 12.8 Å². The highest BCUT2D eigenvalue weighted by molar-refractivity contribution is 5.87. The van der Waals surface area contributed by atoms with Crippen LogP contribution in [0.15, 0.2) is 24.3 Å². The molecule has 1 aliphatic rings. The van der Waals surface area contributed by atoms with Crippen LogP contribution in [0.25, 0.3) is 0 Å². The molecule has 1 heterocycles. The summed E-state index contributed by atoms with van der Waals surface area (Å²) in [5.41, 5.74) is 0. The third-order valence-electron chi connectivity index (χ3n) is 3.94. The molecule has 0 spiro atoms. The van der Waals surface area contributed by atoms with E-state index in [-0.39, 0.29) is 12.4 Å². The van der Waals surface area contributed by atoms with Crippen LogP contribution in [0.1, 0.15) is 64.7 Å². The Balaban J connectivity index is 1.92. The minimum absolute atomic E-state index is 0.0729. The van der Waals surface area contributed by atoms with E-state index in [1.165, 1.54) is 0 Å². The van der Waals surface area contributed by atoms with E-state index in [0.29, 0.717) is 30.8 Å². The number of carbonyl (C=O) groups excluding carboxylic acids is 2. The van der Waals surface area contributed by atoms with E-state index in [1.807, 2.05) is 12.2 Å². The molecular weight excluding hydrogens is 292 g/mol. The van der Waals surface area contributed by atoms with Gasteiger partial charge in [0.05, 0.1) is 18.8 Å². The van der Waals surface area contributed by atoms with E-state index in [0.717, 1.165) is 44.9 Å². The van der Waals surface area contributed by atoms with Crippen molar-refractivity contribution < 1.29 is 19.4 Å². The Morgan fingerprint density at radius 3 is 2.30 bits per heavy atom. The minimum atomic E-state index is 0.0729. The molecule has 1 N–H and O–H groups in total. The molecule has 1 aliphatic heterocycles. The van der Waals surface area contributed by atoms with Crippen molar-refractivity contribution in [2.45, 2.75) is 76.9 Å². The predicted molar refractivity (Wildman–Crippen MR) is 91.3 cm³/mol. The zero-order valence-electron chi connectivity index (χ0n) is 14.2. The first-order valence-electron chi connectivity index (χ1n) is 8.73. The Bertz CT molecular complexity index is 412. The van der Waals surface area contributed by atoms with Gasteiger partial charge in [-0.25, -0.2) is 0 Å². The van der Waals surface area contributed by atoms with Crippen LogP contribution in [0.3, 0.4) is 0 Å². The van der Waals surface area contributed by atoms with Gasteiger partial charge < -0.3 is 9.84 Å². The fourth-order valence-electron chi connectivity index (χ4n) is 2.61. The highest BCUT2D eigenvalue weighted by Gasteiger charge is 2.36. The minimum Gasteiger partial charge on any atom is -0.392 e. The summed E-state index contributed by atoms with van der Waals surface area (Å²) in [5, 5.41) is 8.59. The topological polar surface area (TPSA) is 66.9 Å². The van der Waals surface area contributed by atoms with Gasteiger partial charge in [-0.2, -0.15) is 0 Å². The van der Waals surface area contributed by atoms with E-state index in [2.05, 4.69) is 0 Å². The molecule has 0 aromatic carbocycles. The van der Waals surface area contributed by atoms with Gasteiger partial charge in [-0.05, 0) is 57.9 Å². The molecule has 2 atom stereocenters. The maximum Gasteiger partial charge on any atom is 0.152 e. The monoisotopic (exact) mass is 322 g/mol. The second kappa shape index (κ2) is 12.2. The summed E-state index contributed by atoms with van der Waals surface area (Å²) in [4.78, 5) is 22.4. The molecule has 0 aromatic rings. The summed E-state index contributed by atoms with van der Waals surface area (Å²) in [5.74, 6) is 0.425. The Kier molecular flexibility index (Phi) is 10.5. The molecule has 0 aliphatic carbocycles. The Labute approximate surface area is 139 Å². The molecule has 4 nitrogen and oxygen atoms in total. The third kappa shape index (κ3) is 11.0. The Morgan fingerprint density at radius 2 is 1.61 bits per heavy atom. The fourth-order valence-corrected chi connectivity index (χ4v) is 2.61. The van der Waals surface area contributed by atoms with Crippen LogP contribution < -0.4 is 0 Å². The summed E-state index contributed by atoms with van der Waals surface area (Å²) in [6.07, 6.45) is 15.8. The molecule has 0 amide bonds. The zero-order chi connectivity index (χ0) is 16.9. The number of hydrogen-bond donors (Lipinski definition) is 1. The number of aliphatic hydroxyl groups is 1. The average molecular weight is 322 g/mol. The molecule has 23 heavy (non-hydrogen) atoms. The van der Waals surface area contributed by atoms with Gasteiger partial charge >= 0.3 is 0 Å². The van der Waals surface area contributed by atoms with Gasteiger partial charge in [-0.15, -0.1) is 0 Å². The van der Waals surface area contributed by atoms with Crippen molar-refractivity contribution in [3.05, 3.63) is 24.3 Å². The molecule has 0 unspecified atom stereocenters. The summed E-state index contributed by atoms with van der Waals surface area (Å²) in [6, 6.07) is 0. The molecule has 1 saturated heterocycles. The van der Waals surface area contributed by atoms with Gasteiger partial charge in [0.2, 0.25) is 0 Å². The lowest BCUT2D eigenvalue weighted by molar-refractivity contribution is -0.119. The molecule has 0 saturated carbocycles. The second-order valence-electron chi connectivity index (χ2n) is 6.13. The molecule has 0 radical (unpaired) electrons. The lowest BCUT2D eigenvalue weighted by Gasteiger charge is -1.99. The molecular formula is C19H30O4. The van der Waals surface area contributed by atoms with Crippen LogP contribution in [-0.2, 0) is 14.3 Å². The first-order valence-corrected chi connectivity index (χ1v) is 8.73. The van der Waals surface area contributed by atoms with Gasteiger partial charge in [0.15, 0.2) is 5.78 Å². The summed E-state index contributed by atoms with van der Waals surface area (Å²) in [7, 11) is 0. The lowest BCUT2D eigenvalue weighted by Crippen LogP contribution is -2.00. The fraction of sp³-hybridized carbons (Fsp3) is 0.684. The smallest absolute Gasteiger partial charge is 0.152 e. The van der Waals surface area contributed by atoms with Crippen molar-refractivity contribution >= 4 is 11.6 Å². The first-order chi connectivity index (χ1) is 11.1. The van der Waals surface area contributed by atoms with Crippen LogP contribution in [0.2, 0.25) is 0 Å². The summed E-state index contributed by atoms with van der Waals surface area (Å²) < 4.78 is 5.62. The predicted octanol–water partition coefficient (Wildman–Crippen LogP) is 3.53. The molecule has 0 aromatic heterocycles. The SMILES string of the molecule is CC(=O)/C=C/CCC[C@H]1O[C@@H]1CCCC(=O)CCC/C=C/CO. The molecule has 1 fully saturated rings. The third-order valence-corrected chi connectivity index (χ3v) is 3.94. The van der Waals surface area contributed by atoms with Crippen molar-refractivity contribution in [2.24, 2.45) is 0 Å². The van der Waals surface area contributed by atoms with Crippen molar-refractivity contribution in [1.29, 1.82) is 0 Å². The maximum atomic E-state index is 11.7. The molecule has 0 bridgehead atoms. The summed E-state index contributed by atoms with van der Waals surface area (Å²) >= 11 is 0. The zero-order valence-corrected chi connectivity index (χ0v) is 14.2. The second-order valence-corrected chi connectivity index (χ2v) is 6.13. The average Bonchev–Trinajstić information content (AvgIpc) is 3.25. The van der Waals surface area contributed by atoms with Crippen molar-refractivity contribution in [3.8, 4) is 0 Å². The van der Waals surface area contributed by atoms with Gasteiger partial charge in [0.25, 0.3) is 0 Å². The maximum absolute atomic E-state index is 11.7. The number of ketones is 2. The molecule has 1 rings (SSSR count). The Hall–Kier alpha value is -1.26. The quantitative estimate of drug-likeness (QED) is 0.230. The van der Waals surface area contributed by atoms with Crippen LogP contribution >= 0.6 is 0 Å². The van der Waals surface area contributed by atoms with E-state index >= 15 is 0 Å². The normalized spacial score (nSPS) is 20.4. The number of hydrogen-bond acceptors (Lipinski definition) is 4. The van der Waals surface area contributed by atoms with E-state index in [9.17, 15) is 9.59 Å². The van der Waals surface area contributed by atoms with Gasteiger partial charge in [0.1, 0.15) is 5.78 Å². The van der Waals surface area contributed by atoms with E-state index in [1.54, 1.807) is 19.1 Å². The van der Waals surface area contributed by atoms with Crippen LogP contribution in [0.4, 0.5) is 0 Å². The highest BCUT2D eigenvalue weighted by atomic mass is 16.6. The molecule has 130 valence electrons. The van der Waals surface area contributed by atoms with Crippen LogP contribution in [0.5, 0.6) is 0 Å². The van der Waals surface area contributed by atoms with Gasteiger partial charge in [-0.3, -0.25) is 9.59 Å². The van der Waals surface area contributed by atoms with E-state index < -0.39 is 0 Å². The number of rotatable bonds is 14. The van der Waals surface area contributed by atoms with Crippen LogP contribution in [-0.4, -0.2) is 35.5 Å². The number of Topliss-reactive ketones (excluding diaryl/α,β-unsaturated/α-hetero) is 1. The first kappa shape index (κ1) is 19.8. The number of aliphatic hydroxyl groups excluding tert-OH is 1. The van der Waals surface area contributed by atoms with Crippen LogP contribution in [0, 0.1) is 0 Å². The number of allylic oxidation sites excluding steroid dienone is 3. The van der Waals surface area contributed by atoms with Gasteiger partial charge in [-0.1, -0.05) is 18.2 Å². The number of unbranched alkanes of at least 4 members (excludes halogenated alkanes) is 2. The summed E-state index contributed by atoms with van der Waals surface area (Å²) in [6.45, 7) is 1.63. The van der Waals surface area contributed by atoms with E-state index in [4.69, 9.17) is 9.84 Å². The standard InChI is InChI=1S/C19H30O4/c1-16(21)10-5-4-7-13-18-19(23-18)14-9-12-17(22)11-6-2-3-8-15-20/h3,5,8,10,18-20H,2,4,6-7,9,11-15H2,1H3/b8-3+,10-5+/t18-,19-/m1/s1. The van der Waals surface area contributed by atoms with Crippen molar-refractivity contribution in [1.82, 2.24) is 0 Å². The number of ether oxygens (including phenoxy) is 1. The largest absolute Gasteiger partial charge is 0.392 e. The number of epoxide rings is 1. The number of carbonyl (C=O) groups is 2. The Morgan fingerprint density at radius 1 is 0.957 bits per heavy atom. The highest BCUT2D eigenvalue weighted by Crippen LogP contribution is 2.31.